The predicted octanol–water partition coefficient (Wildman–Crippen LogP) is 1.59. The van der Waals surface area contributed by atoms with E-state index in [0.717, 1.165) is 18.6 Å². The molecule has 0 aliphatic heterocycles. The molecule has 1 saturated carbocycles. The number of hydrogen-bond donors (Lipinski definition) is 1. The Morgan fingerprint density at radius 2 is 2.00 bits per heavy atom. The summed E-state index contributed by atoms with van der Waals surface area (Å²) in [5.74, 6) is 0.426. The number of carbonyl (C=O) groups is 1. The second-order valence-electron chi connectivity index (χ2n) is 4.51. The van der Waals surface area contributed by atoms with E-state index in [9.17, 15) is 4.79 Å². The van der Waals surface area contributed by atoms with Gasteiger partial charge in [0, 0.05) is 12.0 Å². The first kappa shape index (κ1) is 11.9. The van der Waals surface area contributed by atoms with E-state index >= 15 is 0 Å². The van der Waals surface area contributed by atoms with E-state index in [0.29, 0.717) is 18.7 Å². The average Bonchev–Trinajstić information content (AvgIpc) is 3.17. The number of nitrogens with two attached hydrogens (primary N) is 1. The van der Waals surface area contributed by atoms with Gasteiger partial charge in [-0.2, -0.15) is 0 Å². The van der Waals surface area contributed by atoms with Crippen LogP contribution in [-0.2, 0) is 4.74 Å². The van der Waals surface area contributed by atoms with Gasteiger partial charge < -0.3 is 15.2 Å². The lowest BCUT2D eigenvalue weighted by atomic mass is 10.1. The van der Waals surface area contributed by atoms with Crippen LogP contribution >= 0.6 is 0 Å². The van der Waals surface area contributed by atoms with Gasteiger partial charge >= 0.3 is 5.97 Å². The zero-order chi connectivity index (χ0) is 12.3. The number of carbonyl (C=O) groups excluding carboxylic acids is 1. The van der Waals surface area contributed by atoms with Gasteiger partial charge in [-0.1, -0.05) is 0 Å². The lowest BCUT2D eigenvalue weighted by Gasteiger charge is -2.13. The van der Waals surface area contributed by atoms with Crippen molar-refractivity contribution in [3.63, 3.8) is 0 Å². The highest BCUT2D eigenvalue weighted by Crippen LogP contribution is 2.44. The number of hydrogen-bond acceptors (Lipinski definition) is 4. The zero-order valence-corrected chi connectivity index (χ0v) is 9.94. The van der Waals surface area contributed by atoms with Gasteiger partial charge in [-0.05, 0) is 37.1 Å². The zero-order valence-electron chi connectivity index (χ0n) is 9.94. The summed E-state index contributed by atoms with van der Waals surface area (Å²) < 4.78 is 10.3. The maximum atomic E-state index is 11.2. The third-order valence-electron chi connectivity index (χ3n) is 3.21. The molecule has 0 radical (unpaired) electrons. The Morgan fingerprint density at radius 1 is 1.35 bits per heavy atom. The molecule has 0 saturated heterocycles. The molecule has 1 aliphatic carbocycles. The molecular weight excluding hydrogens is 218 g/mol. The van der Waals surface area contributed by atoms with E-state index in [1.54, 1.807) is 24.3 Å². The summed E-state index contributed by atoms with van der Waals surface area (Å²) in [6, 6.07) is 6.95. The molecule has 0 spiro atoms. The van der Waals surface area contributed by atoms with Gasteiger partial charge in [0.25, 0.3) is 0 Å². The van der Waals surface area contributed by atoms with Crippen molar-refractivity contribution in [2.45, 2.75) is 12.8 Å². The number of rotatable bonds is 5. The van der Waals surface area contributed by atoms with Gasteiger partial charge in [0.05, 0.1) is 19.3 Å². The first-order chi connectivity index (χ1) is 8.19. The molecule has 0 heterocycles. The molecular formula is C13H17NO3. The van der Waals surface area contributed by atoms with E-state index in [1.807, 2.05) is 0 Å². The topological polar surface area (TPSA) is 61.5 Å². The van der Waals surface area contributed by atoms with Crippen molar-refractivity contribution >= 4 is 5.97 Å². The summed E-state index contributed by atoms with van der Waals surface area (Å²) >= 11 is 0. The molecule has 1 aromatic carbocycles. The monoisotopic (exact) mass is 235 g/mol. The van der Waals surface area contributed by atoms with E-state index in [4.69, 9.17) is 10.5 Å². The summed E-state index contributed by atoms with van der Waals surface area (Å²) in [5.41, 5.74) is 6.40. The molecule has 0 amide bonds. The molecule has 1 aliphatic rings. The molecule has 1 aromatic rings. The highest BCUT2D eigenvalue weighted by molar-refractivity contribution is 5.89. The molecule has 2 N–H and O–H groups in total. The van der Waals surface area contributed by atoms with E-state index < -0.39 is 0 Å². The van der Waals surface area contributed by atoms with E-state index in [2.05, 4.69) is 4.74 Å². The van der Waals surface area contributed by atoms with Crippen LogP contribution in [0.4, 0.5) is 0 Å². The number of benzene rings is 1. The van der Waals surface area contributed by atoms with Crippen LogP contribution in [-0.4, -0.2) is 26.2 Å². The van der Waals surface area contributed by atoms with Gasteiger partial charge in [0.1, 0.15) is 5.75 Å². The molecule has 4 nitrogen and oxygen atoms in total. The molecule has 1 fully saturated rings. The minimum Gasteiger partial charge on any atom is -0.493 e. The molecule has 2 rings (SSSR count). The fourth-order valence-electron chi connectivity index (χ4n) is 1.63. The second-order valence-corrected chi connectivity index (χ2v) is 4.51. The standard InChI is InChI=1S/C13H17NO3/c1-16-12(15)10-2-4-11(5-3-10)17-9-13(8-14)6-7-13/h2-5H,6-9,14H2,1H3. The van der Waals surface area contributed by atoms with Gasteiger partial charge in [-0.25, -0.2) is 4.79 Å². The summed E-state index contributed by atoms with van der Waals surface area (Å²) in [6.07, 6.45) is 2.29. The van der Waals surface area contributed by atoms with E-state index in [1.165, 1.54) is 7.11 Å². The first-order valence-corrected chi connectivity index (χ1v) is 5.70. The Balaban J connectivity index is 1.92. The van der Waals surface area contributed by atoms with E-state index in [-0.39, 0.29) is 11.4 Å². The molecule has 0 unspecified atom stereocenters. The van der Waals surface area contributed by atoms with Crippen LogP contribution in [0.2, 0.25) is 0 Å². The lowest BCUT2D eigenvalue weighted by molar-refractivity contribution is 0.0600. The normalized spacial score (nSPS) is 16.4. The lowest BCUT2D eigenvalue weighted by Crippen LogP contribution is -2.22. The summed E-state index contributed by atoms with van der Waals surface area (Å²) in [5, 5.41) is 0. The maximum absolute atomic E-state index is 11.2. The number of methoxy groups -OCH3 is 1. The second kappa shape index (κ2) is 4.75. The van der Waals surface area contributed by atoms with Crippen molar-refractivity contribution in [2.75, 3.05) is 20.3 Å². The predicted molar refractivity (Wildman–Crippen MR) is 64.0 cm³/mol. The number of esters is 1. The average molecular weight is 235 g/mol. The Bertz CT molecular complexity index is 396. The molecule has 4 heteroatoms. The highest BCUT2D eigenvalue weighted by Gasteiger charge is 2.42. The van der Waals surface area contributed by atoms with Crippen LogP contribution in [0.15, 0.2) is 24.3 Å². The minimum atomic E-state index is -0.336. The van der Waals surface area contributed by atoms with Crippen LogP contribution in [0, 0.1) is 5.41 Å². The smallest absolute Gasteiger partial charge is 0.337 e. The summed E-state index contributed by atoms with van der Waals surface area (Å²) in [7, 11) is 1.37. The van der Waals surface area contributed by atoms with Crippen LogP contribution < -0.4 is 10.5 Å². The fraction of sp³-hybridized carbons (Fsp3) is 0.462. The Labute approximate surface area is 101 Å². The van der Waals surface area contributed by atoms with Gasteiger partial charge in [0.15, 0.2) is 0 Å². The Morgan fingerprint density at radius 3 is 2.47 bits per heavy atom. The molecule has 0 atom stereocenters. The van der Waals surface area contributed by atoms with Crippen molar-refractivity contribution in [1.29, 1.82) is 0 Å². The van der Waals surface area contributed by atoms with Gasteiger partial charge in [0.2, 0.25) is 0 Å². The van der Waals surface area contributed by atoms with Crippen LogP contribution in [0.1, 0.15) is 23.2 Å². The highest BCUT2D eigenvalue weighted by atomic mass is 16.5. The van der Waals surface area contributed by atoms with Crippen molar-refractivity contribution in [2.24, 2.45) is 11.1 Å². The molecule has 0 bridgehead atoms. The first-order valence-electron chi connectivity index (χ1n) is 5.70. The number of ether oxygens (including phenoxy) is 2. The molecule has 92 valence electrons. The third kappa shape index (κ3) is 2.77. The summed E-state index contributed by atoms with van der Waals surface area (Å²) in [6.45, 7) is 1.33. The van der Waals surface area contributed by atoms with Crippen molar-refractivity contribution in [3.8, 4) is 5.75 Å². The molecule has 0 aromatic heterocycles. The maximum Gasteiger partial charge on any atom is 0.337 e. The van der Waals surface area contributed by atoms with Crippen LogP contribution in [0.3, 0.4) is 0 Å². The fourth-order valence-corrected chi connectivity index (χ4v) is 1.63. The van der Waals surface area contributed by atoms with Crippen LogP contribution in [0.25, 0.3) is 0 Å². The van der Waals surface area contributed by atoms with Gasteiger partial charge in [-0.15, -0.1) is 0 Å². The Hall–Kier alpha value is -1.55. The van der Waals surface area contributed by atoms with Crippen molar-refractivity contribution in [3.05, 3.63) is 29.8 Å². The van der Waals surface area contributed by atoms with Gasteiger partial charge in [-0.3, -0.25) is 0 Å². The quantitative estimate of drug-likeness (QED) is 0.787. The summed E-state index contributed by atoms with van der Waals surface area (Å²) in [4.78, 5) is 11.2. The molecule has 17 heavy (non-hydrogen) atoms. The van der Waals surface area contributed by atoms with Crippen molar-refractivity contribution in [1.82, 2.24) is 0 Å². The SMILES string of the molecule is COC(=O)c1ccc(OCC2(CN)CC2)cc1. The third-order valence-corrected chi connectivity index (χ3v) is 3.21. The largest absolute Gasteiger partial charge is 0.493 e. The minimum absolute atomic E-state index is 0.195. The van der Waals surface area contributed by atoms with Crippen LogP contribution in [0.5, 0.6) is 5.75 Å². The Kier molecular flexibility index (Phi) is 3.33. The van der Waals surface area contributed by atoms with Crippen molar-refractivity contribution < 1.29 is 14.3 Å².